The molecule has 0 aromatic carbocycles. The molecule has 2 rings (SSSR count). The van der Waals surface area contributed by atoms with Gasteiger partial charge in [-0.1, -0.05) is 5.92 Å². The molecule has 4 heteroatoms. The lowest BCUT2D eigenvalue weighted by Crippen LogP contribution is -1.96. The number of Topliss-reactive ketones (excluding diaryl/α,β-unsaturated/α-hetero) is 1. The van der Waals surface area contributed by atoms with Gasteiger partial charge in [0, 0.05) is 6.20 Å². The molecule has 0 atom stereocenters. The van der Waals surface area contributed by atoms with Gasteiger partial charge in [-0.3, -0.25) is 4.79 Å². The number of terminal acetylenes is 1. The van der Waals surface area contributed by atoms with Crippen molar-refractivity contribution in [2.75, 3.05) is 7.11 Å². The van der Waals surface area contributed by atoms with Gasteiger partial charge in [0.2, 0.25) is 0 Å². The summed E-state index contributed by atoms with van der Waals surface area (Å²) < 4.78 is 5.25. The normalized spacial score (nSPS) is 10.0. The number of ketones is 1. The maximum atomic E-state index is 11.8. The van der Waals surface area contributed by atoms with E-state index in [0.29, 0.717) is 10.6 Å². The molecule has 0 unspecified atom stereocenters. The van der Waals surface area contributed by atoms with E-state index in [1.54, 1.807) is 13.3 Å². The van der Waals surface area contributed by atoms with E-state index >= 15 is 0 Å². The smallest absolute Gasteiger partial charge is 0.188 e. The van der Waals surface area contributed by atoms with Gasteiger partial charge in [0.05, 0.1) is 18.9 Å². The van der Waals surface area contributed by atoms with E-state index in [2.05, 4.69) is 10.9 Å². The number of methoxy groups -OCH3 is 1. The molecule has 2 aromatic rings. The van der Waals surface area contributed by atoms with Gasteiger partial charge in [-0.15, -0.1) is 17.8 Å². The second-order valence-electron chi connectivity index (χ2n) is 3.12. The molecule has 0 radical (unpaired) electrons. The van der Waals surface area contributed by atoms with Crippen molar-refractivity contribution >= 4 is 27.3 Å². The van der Waals surface area contributed by atoms with Gasteiger partial charge in [0.15, 0.2) is 5.78 Å². The van der Waals surface area contributed by atoms with Crippen LogP contribution in [0.1, 0.15) is 16.1 Å². The highest BCUT2D eigenvalue weighted by molar-refractivity contribution is 7.21. The lowest BCUT2D eigenvalue weighted by atomic mass is 10.2. The molecule has 0 N–H and O–H groups in total. The van der Waals surface area contributed by atoms with Gasteiger partial charge in [-0.2, -0.15) is 0 Å². The monoisotopic (exact) mass is 231 g/mol. The molecular weight excluding hydrogens is 222 g/mol. The lowest BCUT2D eigenvalue weighted by molar-refractivity contribution is 0.0999. The summed E-state index contributed by atoms with van der Waals surface area (Å²) in [6, 6.07) is 3.69. The van der Waals surface area contributed by atoms with Crippen LogP contribution < -0.4 is 4.74 Å². The van der Waals surface area contributed by atoms with Crippen LogP contribution in [0.4, 0.5) is 0 Å². The van der Waals surface area contributed by atoms with Crippen LogP contribution in [0.3, 0.4) is 0 Å². The molecule has 0 bridgehead atoms. The van der Waals surface area contributed by atoms with E-state index in [0.717, 1.165) is 10.2 Å². The first-order valence-corrected chi connectivity index (χ1v) is 5.47. The molecule has 0 aliphatic heterocycles. The topological polar surface area (TPSA) is 39.2 Å². The largest absolute Gasteiger partial charge is 0.494 e. The van der Waals surface area contributed by atoms with E-state index in [1.165, 1.54) is 11.3 Å². The van der Waals surface area contributed by atoms with Crippen molar-refractivity contribution in [3.8, 4) is 18.1 Å². The summed E-state index contributed by atoms with van der Waals surface area (Å²) in [5.74, 6) is 2.82. The minimum absolute atomic E-state index is 0.0865. The molecule has 2 heterocycles. The number of fused-ring (bicyclic) bond motifs is 1. The SMILES string of the molecule is C#CCC(=O)c1sc2ncccc2c1OC. The predicted molar refractivity (Wildman–Crippen MR) is 64.0 cm³/mol. The highest BCUT2D eigenvalue weighted by Gasteiger charge is 2.18. The van der Waals surface area contributed by atoms with Gasteiger partial charge in [-0.25, -0.2) is 4.98 Å². The first kappa shape index (κ1) is 10.7. The Bertz CT molecular complexity index is 580. The van der Waals surface area contributed by atoms with Crippen LogP contribution in [-0.2, 0) is 0 Å². The molecule has 0 spiro atoms. The summed E-state index contributed by atoms with van der Waals surface area (Å²) in [5, 5.41) is 0.857. The number of rotatable bonds is 3. The fraction of sp³-hybridized carbons (Fsp3) is 0.167. The summed E-state index contributed by atoms with van der Waals surface area (Å²) in [6.45, 7) is 0. The van der Waals surface area contributed by atoms with E-state index < -0.39 is 0 Å². The molecule has 3 nitrogen and oxygen atoms in total. The van der Waals surface area contributed by atoms with Crippen LogP contribution in [0.25, 0.3) is 10.2 Å². The molecule has 0 aliphatic carbocycles. The van der Waals surface area contributed by atoms with Crippen LogP contribution in [0.15, 0.2) is 18.3 Å². The number of ether oxygens (including phenoxy) is 1. The first-order chi connectivity index (χ1) is 7.77. The number of hydrogen-bond donors (Lipinski definition) is 0. The summed E-state index contributed by atoms with van der Waals surface area (Å²) in [6.07, 6.45) is 6.90. The Morgan fingerprint density at radius 2 is 2.50 bits per heavy atom. The number of pyridine rings is 1. The van der Waals surface area contributed by atoms with E-state index in [1.807, 2.05) is 12.1 Å². The lowest BCUT2D eigenvalue weighted by Gasteiger charge is -1.99. The zero-order chi connectivity index (χ0) is 11.5. The summed E-state index contributed by atoms with van der Waals surface area (Å²) in [4.78, 5) is 17.3. The van der Waals surface area contributed by atoms with E-state index in [9.17, 15) is 4.79 Å². The summed E-state index contributed by atoms with van der Waals surface area (Å²) in [5.41, 5.74) is 0. The fourth-order valence-corrected chi connectivity index (χ4v) is 2.52. The minimum atomic E-state index is -0.0950. The Balaban J connectivity index is 2.61. The standard InChI is InChI=1S/C12H9NO2S/c1-3-5-9(14)11-10(15-2)8-6-4-7-13-12(8)16-11/h1,4,6-7H,5H2,2H3. The molecule has 0 saturated heterocycles. The zero-order valence-electron chi connectivity index (χ0n) is 8.69. The van der Waals surface area contributed by atoms with Crippen molar-refractivity contribution in [3.63, 3.8) is 0 Å². The van der Waals surface area contributed by atoms with Crippen LogP contribution in [0, 0.1) is 12.3 Å². The van der Waals surface area contributed by atoms with Gasteiger partial charge in [0.25, 0.3) is 0 Å². The molecule has 80 valence electrons. The quantitative estimate of drug-likeness (QED) is 0.602. The molecule has 2 aromatic heterocycles. The highest BCUT2D eigenvalue weighted by atomic mass is 32.1. The second-order valence-corrected chi connectivity index (χ2v) is 4.12. The van der Waals surface area contributed by atoms with Crippen molar-refractivity contribution < 1.29 is 9.53 Å². The highest BCUT2D eigenvalue weighted by Crippen LogP contribution is 2.36. The maximum absolute atomic E-state index is 11.8. The first-order valence-electron chi connectivity index (χ1n) is 4.66. The summed E-state index contributed by atoms with van der Waals surface area (Å²) in [7, 11) is 1.54. The number of hydrogen-bond acceptors (Lipinski definition) is 4. The van der Waals surface area contributed by atoms with Crippen molar-refractivity contribution in [2.45, 2.75) is 6.42 Å². The Morgan fingerprint density at radius 3 is 3.19 bits per heavy atom. The number of aromatic nitrogens is 1. The van der Waals surface area contributed by atoms with Crippen molar-refractivity contribution in [2.24, 2.45) is 0 Å². The summed E-state index contributed by atoms with van der Waals surface area (Å²) >= 11 is 1.32. The maximum Gasteiger partial charge on any atom is 0.188 e. The van der Waals surface area contributed by atoms with Gasteiger partial charge in [0.1, 0.15) is 15.5 Å². The van der Waals surface area contributed by atoms with Crippen molar-refractivity contribution in [1.82, 2.24) is 4.98 Å². The number of thiophene rings is 1. The van der Waals surface area contributed by atoms with Crippen molar-refractivity contribution in [1.29, 1.82) is 0 Å². The fourth-order valence-electron chi connectivity index (χ4n) is 1.47. The molecule has 0 saturated carbocycles. The molecule has 16 heavy (non-hydrogen) atoms. The Kier molecular flexibility index (Phi) is 2.88. The Labute approximate surface area is 97.1 Å². The van der Waals surface area contributed by atoms with Crippen LogP contribution in [-0.4, -0.2) is 17.9 Å². The number of nitrogens with zero attached hydrogens (tertiary/aromatic N) is 1. The number of carbonyl (C=O) groups is 1. The number of carbonyl (C=O) groups excluding carboxylic acids is 1. The van der Waals surface area contributed by atoms with E-state index in [4.69, 9.17) is 11.2 Å². The third-order valence-corrected chi connectivity index (χ3v) is 3.28. The Hall–Kier alpha value is -1.86. The van der Waals surface area contributed by atoms with Crippen LogP contribution >= 0.6 is 11.3 Å². The van der Waals surface area contributed by atoms with Crippen molar-refractivity contribution in [3.05, 3.63) is 23.2 Å². The molecule has 0 aliphatic rings. The van der Waals surface area contributed by atoms with Gasteiger partial charge >= 0.3 is 0 Å². The Morgan fingerprint density at radius 1 is 1.69 bits per heavy atom. The van der Waals surface area contributed by atoms with Gasteiger partial charge in [-0.05, 0) is 12.1 Å². The van der Waals surface area contributed by atoms with Crippen LogP contribution in [0.2, 0.25) is 0 Å². The predicted octanol–water partition coefficient (Wildman–Crippen LogP) is 2.51. The van der Waals surface area contributed by atoms with Gasteiger partial charge < -0.3 is 4.74 Å². The second kappa shape index (κ2) is 4.33. The molecule has 0 amide bonds. The van der Waals surface area contributed by atoms with E-state index in [-0.39, 0.29) is 12.2 Å². The van der Waals surface area contributed by atoms with Crippen LogP contribution in [0.5, 0.6) is 5.75 Å². The minimum Gasteiger partial charge on any atom is -0.494 e. The average Bonchev–Trinajstić information content (AvgIpc) is 2.67. The third-order valence-electron chi connectivity index (χ3n) is 2.14. The third kappa shape index (κ3) is 1.66. The molecule has 0 fully saturated rings. The zero-order valence-corrected chi connectivity index (χ0v) is 9.50. The average molecular weight is 231 g/mol. The molecular formula is C12H9NO2S.